The second-order valence-corrected chi connectivity index (χ2v) is 5.61. The van der Waals surface area contributed by atoms with Crippen LogP contribution in [0, 0.1) is 6.92 Å². The van der Waals surface area contributed by atoms with Gasteiger partial charge in [-0.1, -0.05) is 0 Å². The Hall–Kier alpha value is -0.710. The SMILES string of the molecule is COc1ccc(SC2CNCCN2C)c(C)c1. The molecule has 1 fully saturated rings. The molecule has 1 unspecified atom stereocenters. The van der Waals surface area contributed by atoms with Crippen molar-refractivity contribution in [3.05, 3.63) is 23.8 Å². The number of nitrogens with zero attached hydrogens (tertiary/aromatic N) is 1. The van der Waals surface area contributed by atoms with Gasteiger partial charge in [-0.2, -0.15) is 0 Å². The fourth-order valence-corrected chi connectivity index (χ4v) is 3.11. The number of piperazine rings is 1. The minimum absolute atomic E-state index is 0.524. The number of hydrogen-bond acceptors (Lipinski definition) is 4. The highest BCUT2D eigenvalue weighted by Gasteiger charge is 2.20. The lowest BCUT2D eigenvalue weighted by Gasteiger charge is -2.32. The smallest absolute Gasteiger partial charge is 0.119 e. The molecular weight excluding hydrogens is 232 g/mol. The van der Waals surface area contributed by atoms with Crippen molar-refractivity contribution in [2.45, 2.75) is 17.2 Å². The fraction of sp³-hybridized carbons (Fsp3) is 0.538. The molecule has 1 aliphatic rings. The third kappa shape index (κ3) is 3.15. The quantitative estimate of drug-likeness (QED) is 0.889. The highest BCUT2D eigenvalue weighted by molar-refractivity contribution is 8.00. The van der Waals surface area contributed by atoms with E-state index in [4.69, 9.17) is 4.74 Å². The number of likely N-dealkylation sites (N-methyl/N-ethyl adjacent to an activating group) is 1. The van der Waals surface area contributed by atoms with E-state index in [1.165, 1.54) is 10.5 Å². The molecule has 0 radical (unpaired) electrons. The Bertz CT molecular complexity index is 384. The van der Waals surface area contributed by atoms with E-state index < -0.39 is 0 Å². The summed E-state index contributed by atoms with van der Waals surface area (Å²) in [5.74, 6) is 0.932. The van der Waals surface area contributed by atoms with Gasteiger partial charge in [0, 0.05) is 24.5 Å². The molecule has 17 heavy (non-hydrogen) atoms. The van der Waals surface area contributed by atoms with Crippen LogP contribution in [0.15, 0.2) is 23.1 Å². The third-order valence-corrected chi connectivity index (χ3v) is 4.61. The zero-order chi connectivity index (χ0) is 12.3. The molecular formula is C13H20N2OS. The van der Waals surface area contributed by atoms with Crippen LogP contribution < -0.4 is 10.1 Å². The van der Waals surface area contributed by atoms with E-state index in [1.807, 2.05) is 17.8 Å². The van der Waals surface area contributed by atoms with Crippen LogP contribution in [-0.2, 0) is 0 Å². The first kappa shape index (κ1) is 12.7. The number of thioether (sulfide) groups is 1. The number of methoxy groups -OCH3 is 1. The summed E-state index contributed by atoms with van der Waals surface area (Å²) < 4.78 is 5.23. The minimum Gasteiger partial charge on any atom is -0.497 e. The van der Waals surface area contributed by atoms with Crippen molar-refractivity contribution < 1.29 is 4.74 Å². The molecule has 1 aromatic carbocycles. The molecule has 2 rings (SSSR count). The van der Waals surface area contributed by atoms with Gasteiger partial charge in [0.05, 0.1) is 12.5 Å². The van der Waals surface area contributed by atoms with Gasteiger partial charge in [0.15, 0.2) is 0 Å². The molecule has 1 aliphatic heterocycles. The van der Waals surface area contributed by atoms with Crippen molar-refractivity contribution >= 4 is 11.8 Å². The molecule has 1 N–H and O–H groups in total. The first-order valence-electron chi connectivity index (χ1n) is 5.93. The molecule has 0 amide bonds. The van der Waals surface area contributed by atoms with Gasteiger partial charge in [-0.05, 0) is 37.7 Å². The zero-order valence-electron chi connectivity index (χ0n) is 10.7. The summed E-state index contributed by atoms with van der Waals surface area (Å²) in [5, 5.41) is 3.96. The van der Waals surface area contributed by atoms with Crippen LogP contribution in [0.25, 0.3) is 0 Å². The normalized spacial score (nSPS) is 21.5. The minimum atomic E-state index is 0.524. The van der Waals surface area contributed by atoms with Crippen molar-refractivity contribution in [2.24, 2.45) is 0 Å². The number of hydrogen-bond donors (Lipinski definition) is 1. The Balaban J connectivity index is 2.07. The van der Waals surface area contributed by atoms with Crippen LogP contribution in [-0.4, -0.2) is 44.1 Å². The van der Waals surface area contributed by atoms with Crippen molar-refractivity contribution in [3.8, 4) is 5.75 Å². The van der Waals surface area contributed by atoms with E-state index in [0.29, 0.717) is 5.37 Å². The Morgan fingerprint density at radius 1 is 1.47 bits per heavy atom. The molecule has 3 nitrogen and oxygen atoms in total. The zero-order valence-corrected chi connectivity index (χ0v) is 11.5. The van der Waals surface area contributed by atoms with Crippen molar-refractivity contribution in [1.82, 2.24) is 10.2 Å². The maximum atomic E-state index is 5.23. The van der Waals surface area contributed by atoms with Gasteiger partial charge < -0.3 is 10.1 Å². The molecule has 0 aromatic heterocycles. The Kier molecular flexibility index (Phi) is 4.31. The summed E-state index contributed by atoms with van der Waals surface area (Å²) in [5.41, 5.74) is 1.29. The predicted molar refractivity (Wildman–Crippen MR) is 72.9 cm³/mol. The summed E-state index contributed by atoms with van der Waals surface area (Å²) in [6, 6.07) is 6.28. The first-order valence-corrected chi connectivity index (χ1v) is 6.81. The molecule has 4 heteroatoms. The van der Waals surface area contributed by atoms with Crippen LogP contribution in [0.5, 0.6) is 5.75 Å². The highest BCUT2D eigenvalue weighted by atomic mass is 32.2. The number of aryl methyl sites for hydroxylation is 1. The van der Waals surface area contributed by atoms with Crippen LogP contribution in [0.4, 0.5) is 0 Å². The molecule has 0 aliphatic carbocycles. The van der Waals surface area contributed by atoms with Crippen LogP contribution >= 0.6 is 11.8 Å². The van der Waals surface area contributed by atoms with Crippen molar-refractivity contribution in [1.29, 1.82) is 0 Å². The van der Waals surface area contributed by atoms with Gasteiger partial charge in [-0.3, -0.25) is 4.90 Å². The summed E-state index contributed by atoms with van der Waals surface area (Å²) in [6.07, 6.45) is 0. The summed E-state index contributed by atoms with van der Waals surface area (Å²) in [4.78, 5) is 3.75. The molecule has 0 spiro atoms. The lowest BCUT2D eigenvalue weighted by molar-refractivity contribution is 0.266. The maximum absolute atomic E-state index is 5.23. The van der Waals surface area contributed by atoms with Crippen LogP contribution in [0.1, 0.15) is 5.56 Å². The van der Waals surface area contributed by atoms with E-state index in [9.17, 15) is 0 Å². The first-order chi connectivity index (χ1) is 8.20. The van der Waals surface area contributed by atoms with Crippen molar-refractivity contribution in [3.63, 3.8) is 0 Å². The standard InChI is InChI=1S/C13H20N2OS/c1-10-8-11(16-3)4-5-12(10)17-13-9-14-6-7-15(13)2/h4-5,8,13-14H,6-7,9H2,1-3H3. The predicted octanol–water partition coefficient (Wildman–Crippen LogP) is 1.96. The second kappa shape index (κ2) is 5.76. The fourth-order valence-electron chi connectivity index (χ4n) is 1.94. The maximum Gasteiger partial charge on any atom is 0.119 e. The molecule has 94 valence electrons. The molecule has 1 aromatic rings. The average molecular weight is 252 g/mol. The largest absolute Gasteiger partial charge is 0.497 e. The molecule has 1 heterocycles. The van der Waals surface area contributed by atoms with E-state index in [2.05, 4.69) is 36.3 Å². The second-order valence-electron chi connectivity index (χ2n) is 4.39. The monoisotopic (exact) mass is 252 g/mol. The lowest BCUT2D eigenvalue weighted by atomic mass is 10.2. The van der Waals surface area contributed by atoms with Gasteiger partial charge in [0.1, 0.15) is 5.75 Å². The number of ether oxygens (including phenoxy) is 1. The molecule has 1 saturated heterocycles. The Labute approximate surface area is 108 Å². The Morgan fingerprint density at radius 3 is 2.94 bits per heavy atom. The molecule has 0 saturated carbocycles. The van der Waals surface area contributed by atoms with E-state index >= 15 is 0 Å². The lowest BCUT2D eigenvalue weighted by Crippen LogP contribution is -2.47. The van der Waals surface area contributed by atoms with Gasteiger partial charge in [-0.25, -0.2) is 0 Å². The molecule has 1 atom stereocenters. The third-order valence-electron chi connectivity index (χ3n) is 3.10. The van der Waals surface area contributed by atoms with Gasteiger partial charge in [0.25, 0.3) is 0 Å². The molecule has 0 bridgehead atoms. The summed E-state index contributed by atoms with van der Waals surface area (Å²) in [7, 11) is 3.90. The Morgan fingerprint density at radius 2 is 2.29 bits per heavy atom. The highest BCUT2D eigenvalue weighted by Crippen LogP contribution is 2.30. The average Bonchev–Trinajstić information content (AvgIpc) is 2.34. The van der Waals surface area contributed by atoms with Gasteiger partial charge in [-0.15, -0.1) is 11.8 Å². The van der Waals surface area contributed by atoms with Gasteiger partial charge >= 0.3 is 0 Å². The number of rotatable bonds is 3. The van der Waals surface area contributed by atoms with E-state index in [1.54, 1.807) is 7.11 Å². The number of nitrogens with one attached hydrogen (secondary N) is 1. The summed E-state index contributed by atoms with van der Waals surface area (Å²) in [6.45, 7) is 5.40. The number of benzene rings is 1. The van der Waals surface area contributed by atoms with Crippen LogP contribution in [0.2, 0.25) is 0 Å². The van der Waals surface area contributed by atoms with Crippen molar-refractivity contribution in [2.75, 3.05) is 33.8 Å². The van der Waals surface area contributed by atoms with E-state index in [0.717, 1.165) is 25.4 Å². The summed E-state index contributed by atoms with van der Waals surface area (Å²) >= 11 is 1.93. The van der Waals surface area contributed by atoms with E-state index in [-0.39, 0.29) is 0 Å². The van der Waals surface area contributed by atoms with Crippen LogP contribution in [0.3, 0.4) is 0 Å². The topological polar surface area (TPSA) is 24.5 Å². The van der Waals surface area contributed by atoms with Gasteiger partial charge in [0.2, 0.25) is 0 Å².